The molecule has 0 aliphatic carbocycles. The van der Waals surface area contributed by atoms with Crippen LogP contribution in [-0.4, -0.2) is 150 Å². The number of carbonyl (C=O) groups is 8. The number of amides is 7. The topological polar surface area (TPSA) is 349 Å². The fraction of sp³-hybridized carbons (Fsp3) is 0.805. The van der Waals surface area contributed by atoms with Crippen molar-refractivity contribution in [2.45, 2.75) is 185 Å². The van der Waals surface area contributed by atoms with Crippen molar-refractivity contribution in [3.05, 3.63) is 0 Å². The van der Waals surface area contributed by atoms with Crippen LogP contribution in [0.3, 0.4) is 0 Å². The van der Waals surface area contributed by atoms with Crippen LogP contribution in [0.5, 0.6) is 0 Å². The molecule has 22 nitrogen and oxygen atoms in total. The van der Waals surface area contributed by atoms with Crippen LogP contribution in [0.25, 0.3) is 0 Å². The Labute approximate surface area is 369 Å². The third-order valence-corrected chi connectivity index (χ3v) is 10.3. The number of rotatable bonds is 33. The van der Waals surface area contributed by atoms with Crippen molar-refractivity contribution < 1.29 is 67.9 Å². The van der Waals surface area contributed by atoms with Crippen molar-refractivity contribution in [1.29, 1.82) is 0 Å². The van der Waals surface area contributed by atoms with Gasteiger partial charge in [0.25, 0.3) is 0 Å². The number of carbonyl (C=O) groups excluding carboxylic acids is 7. The van der Waals surface area contributed by atoms with E-state index in [1.54, 1.807) is 0 Å². The second kappa shape index (κ2) is 31.4. The molecular weight excluding hydrogens is 828 g/mol. The number of carboxylic acids is 1. The molecule has 63 heavy (non-hydrogen) atoms. The van der Waals surface area contributed by atoms with Crippen molar-refractivity contribution in [1.82, 2.24) is 31.9 Å². The number of carboxylic acid groups (broad SMARTS) is 1. The lowest BCUT2D eigenvalue weighted by Crippen LogP contribution is -2.66. The molecule has 0 aromatic rings. The Morgan fingerprint density at radius 2 is 1.35 bits per heavy atom. The van der Waals surface area contributed by atoms with Gasteiger partial charge < -0.3 is 72.9 Å². The number of ether oxygens (including phenoxy) is 3. The highest BCUT2D eigenvalue weighted by Crippen LogP contribution is 2.26. The minimum absolute atomic E-state index is 0.103. The van der Waals surface area contributed by atoms with E-state index in [1.165, 1.54) is 66.2 Å². The standard InChI is InChI=1S/C41H74N8O14/c1-6-7-8-9-10-11-12-13-14-15-21-44-32(53)23-61-41-33(47-27(5)51)35(34(54)30(22-50)63-41)62-26(4)38(57)45-24(2)37(56)49-28(36(43)55)18-19-31(52)48-29(17-16-20-42)39(58)46-25(3)40(59)60/h24-26,28-30,33-35,41,50,54H,6-23,42H2,1-5H3,(H2,43,55)(H,44,53)(H,45,57)(H,46,58)(H,47,51)(H,48,52)(H,49,56)(H,59,60)/t24-,25+,26+,28+,29-,30+,33+,34+,35+,41+/m0/s1. The van der Waals surface area contributed by atoms with Crippen LogP contribution in [0.4, 0.5) is 0 Å². The normalized spacial score (nSPS) is 20.8. The zero-order valence-corrected chi connectivity index (χ0v) is 37.5. The van der Waals surface area contributed by atoms with Crippen molar-refractivity contribution in [3.63, 3.8) is 0 Å². The highest BCUT2D eigenvalue weighted by Gasteiger charge is 2.48. The number of aliphatic hydroxyl groups excluding tert-OH is 2. The van der Waals surface area contributed by atoms with E-state index in [4.69, 9.17) is 30.8 Å². The lowest BCUT2D eigenvalue weighted by atomic mass is 9.96. The number of nitrogens with one attached hydrogen (secondary N) is 6. The first-order valence-electron chi connectivity index (χ1n) is 22.0. The van der Waals surface area contributed by atoms with Gasteiger partial charge in [-0.2, -0.15) is 0 Å². The quantitative estimate of drug-likeness (QED) is 0.0333. The molecule has 0 aromatic heterocycles. The molecule has 0 spiro atoms. The molecule has 0 radical (unpaired) electrons. The van der Waals surface area contributed by atoms with E-state index in [0.29, 0.717) is 13.0 Å². The highest BCUT2D eigenvalue weighted by atomic mass is 16.7. The van der Waals surface area contributed by atoms with Crippen molar-refractivity contribution in [2.24, 2.45) is 11.5 Å². The monoisotopic (exact) mass is 903 g/mol. The average molecular weight is 903 g/mol. The minimum atomic E-state index is -1.60. The molecule has 13 N–H and O–H groups in total. The molecule has 7 amide bonds. The van der Waals surface area contributed by atoms with Crippen LogP contribution in [-0.2, 0) is 52.6 Å². The first-order valence-corrected chi connectivity index (χ1v) is 22.0. The van der Waals surface area contributed by atoms with Gasteiger partial charge in [-0.3, -0.25) is 38.4 Å². The van der Waals surface area contributed by atoms with E-state index in [2.05, 4.69) is 38.8 Å². The predicted octanol–water partition coefficient (Wildman–Crippen LogP) is -1.54. The minimum Gasteiger partial charge on any atom is -0.480 e. The van der Waals surface area contributed by atoms with Gasteiger partial charge >= 0.3 is 5.97 Å². The van der Waals surface area contributed by atoms with Gasteiger partial charge in [0, 0.05) is 19.9 Å². The maximum Gasteiger partial charge on any atom is 0.325 e. The first kappa shape index (κ1) is 56.5. The Balaban J connectivity index is 2.81. The van der Waals surface area contributed by atoms with E-state index in [9.17, 15) is 48.6 Å². The van der Waals surface area contributed by atoms with Crippen LogP contribution in [0.2, 0.25) is 0 Å². The predicted molar refractivity (Wildman–Crippen MR) is 228 cm³/mol. The van der Waals surface area contributed by atoms with E-state index >= 15 is 0 Å². The maximum absolute atomic E-state index is 13.3. The van der Waals surface area contributed by atoms with Crippen molar-refractivity contribution >= 4 is 47.3 Å². The summed E-state index contributed by atoms with van der Waals surface area (Å²) in [6.45, 7) is 6.65. The van der Waals surface area contributed by atoms with Crippen LogP contribution < -0.4 is 43.4 Å². The molecule has 1 saturated heterocycles. The highest BCUT2D eigenvalue weighted by molar-refractivity contribution is 5.93. The van der Waals surface area contributed by atoms with Gasteiger partial charge in [-0.15, -0.1) is 0 Å². The van der Waals surface area contributed by atoms with Crippen molar-refractivity contribution in [3.8, 4) is 0 Å². The summed E-state index contributed by atoms with van der Waals surface area (Å²) in [5, 5.41) is 45.0. The Hall–Kier alpha value is -4.48. The summed E-state index contributed by atoms with van der Waals surface area (Å²) in [7, 11) is 0. The summed E-state index contributed by atoms with van der Waals surface area (Å²) < 4.78 is 17.3. The molecule has 10 atom stereocenters. The van der Waals surface area contributed by atoms with Gasteiger partial charge in [-0.1, -0.05) is 64.7 Å². The van der Waals surface area contributed by atoms with E-state index in [1.807, 2.05) is 0 Å². The number of aliphatic hydroxyl groups is 2. The molecule has 0 bridgehead atoms. The maximum atomic E-state index is 13.3. The molecule has 362 valence electrons. The van der Waals surface area contributed by atoms with E-state index in [0.717, 1.165) is 25.7 Å². The lowest BCUT2D eigenvalue weighted by molar-refractivity contribution is -0.279. The molecule has 0 aromatic carbocycles. The second-order valence-corrected chi connectivity index (χ2v) is 15.9. The van der Waals surface area contributed by atoms with Crippen LogP contribution in [0.1, 0.15) is 125 Å². The zero-order valence-electron chi connectivity index (χ0n) is 37.5. The second-order valence-electron chi connectivity index (χ2n) is 15.9. The van der Waals surface area contributed by atoms with E-state index < -0.39 is 121 Å². The lowest BCUT2D eigenvalue weighted by Gasteiger charge is -2.44. The Morgan fingerprint density at radius 1 is 0.746 bits per heavy atom. The van der Waals surface area contributed by atoms with E-state index in [-0.39, 0.29) is 25.8 Å². The molecule has 1 rings (SSSR count). The SMILES string of the molecule is CCCCCCCCCCCCNC(=O)CO[C@@H]1O[C@H](CO)[C@@H](O)[C@H](O[C@H](C)C(=O)N[C@@H](C)C(=O)N[C@H](CCC(=O)N[C@@H](CCCN)C(=O)N[C@H](C)C(=O)O)C(N)=O)[C@H]1NC(C)=O. The summed E-state index contributed by atoms with van der Waals surface area (Å²) in [6.07, 6.45) is 4.05. The smallest absolute Gasteiger partial charge is 0.325 e. The van der Waals surface area contributed by atoms with Gasteiger partial charge in [0.1, 0.15) is 61.2 Å². The van der Waals surface area contributed by atoms with Crippen LogP contribution >= 0.6 is 0 Å². The van der Waals surface area contributed by atoms with Crippen LogP contribution in [0, 0.1) is 0 Å². The van der Waals surface area contributed by atoms with Gasteiger partial charge in [-0.25, -0.2) is 0 Å². The van der Waals surface area contributed by atoms with Gasteiger partial charge in [0.15, 0.2) is 6.29 Å². The fourth-order valence-corrected chi connectivity index (χ4v) is 6.59. The summed E-state index contributed by atoms with van der Waals surface area (Å²) in [6, 6.07) is -6.30. The van der Waals surface area contributed by atoms with Gasteiger partial charge in [0.05, 0.1) is 6.61 Å². The molecule has 1 heterocycles. The summed E-state index contributed by atoms with van der Waals surface area (Å²) in [4.78, 5) is 100.0. The molecule has 0 saturated carbocycles. The third kappa shape index (κ3) is 22.6. The molecule has 1 aliphatic heterocycles. The Bertz CT molecular complexity index is 1460. The third-order valence-electron chi connectivity index (χ3n) is 10.3. The largest absolute Gasteiger partial charge is 0.480 e. The summed E-state index contributed by atoms with van der Waals surface area (Å²) >= 11 is 0. The average Bonchev–Trinajstić information content (AvgIpc) is 3.23. The Kier molecular flexibility index (Phi) is 28.2. The molecule has 22 heteroatoms. The number of aliphatic carboxylic acids is 1. The summed E-state index contributed by atoms with van der Waals surface area (Å²) in [5.74, 6) is -6.51. The van der Waals surface area contributed by atoms with Gasteiger partial charge in [-0.05, 0) is 53.0 Å². The number of hydrogen-bond donors (Lipinski definition) is 11. The number of unbranched alkanes of at least 4 members (excludes halogenated alkanes) is 9. The molecule has 1 aliphatic rings. The molecule has 0 unspecified atom stereocenters. The van der Waals surface area contributed by atoms with Gasteiger partial charge in [0.2, 0.25) is 41.4 Å². The fourth-order valence-electron chi connectivity index (χ4n) is 6.59. The van der Waals surface area contributed by atoms with Crippen molar-refractivity contribution in [2.75, 3.05) is 26.3 Å². The number of nitrogens with two attached hydrogens (primary N) is 2. The first-order chi connectivity index (χ1) is 29.9. The Morgan fingerprint density at radius 3 is 1.90 bits per heavy atom. The molecular formula is C41H74N8O14. The molecule has 1 fully saturated rings. The zero-order chi connectivity index (χ0) is 47.5. The number of hydrogen-bond acceptors (Lipinski definition) is 14. The van der Waals surface area contributed by atoms with Crippen LogP contribution in [0.15, 0.2) is 0 Å². The number of primary amides is 1. The summed E-state index contributed by atoms with van der Waals surface area (Å²) in [5.41, 5.74) is 11.0.